The number of nitrogens with zero attached hydrogens (tertiary/aromatic N) is 1. The van der Waals surface area contributed by atoms with Gasteiger partial charge in [-0.3, -0.25) is 0 Å². The first-order chi connectivity index (χ1) is 7.18. The Bertz CT molecular complexity index is 427. The van der Waals surface area contributed by atoms with Crippen LogP contribution in [0, 0.1) is 6.92 Å². The van der Waals surface area contributed by atoms with E-state index in [1.807, 2.05) is 0 Å². The third kappa shape index (κ3) is 1.96. The van der Waals surface area contributed by atoms with E-state index in [1.54, 1.807) is 0 Å². The minimum Gasteiger partial charge on any atom is -0.370 e. The Morgan fingerprint density at radius 3 is 2.60 bits per heavy atom. The molecule has 2 rings (SSSR count). The Balaban J connectivity index is 2.46. The monoisotopic (exact) mass is 199 g/mol. The lowest BCUT2D eigenvalue weighted by Gasteiger charge is -2.26. The van der Waals surface area contributed by atoms with Gasteiger partial charge in [-0.25, -0.2) is 0 Å². The van der Waals surface area contributed by atoms with E-state index >= 15 is 0 Å². The molecule has 1 aliphatic rings. The van der Waals surface area contributed by atoms with Crippen LogP contribution in [0.5, 0.6) is 0 Å². The highest BCUT2D eigenvalue weighted by Crippen LogP contribution is 2.25. The predicted octanol–water partition coefficient (Wildman–Crippen LogP) is 3.23. The summed E-state index contributed by atoms with van der Waals surface area (Å²) < 4.78 is 0. The van der Waals surface area contributed by atoms with Crippen LogP contribution in [0.1, 0.15) is 18.1 Å². The number of rotatable bonds is 1. The van der Waals surface area contributed by atoms with Crippen molar-refractivity contribution in [3.63, 3.8) is 0 Å². The fourth-order valence-electron chi connectivity index (χ4n) is 1.91. The largest absolute Gasteiger partial charge is 0.370 e. The molecule has 1 heterocycles. The maximum Gasteiger partial charge on any atom is 0.0445 e. The smallest absolute Gasteiger partial charge is 0.0445 e. The van der Waals surface area contributed by atoms with Crippen LogP contribution in [0.2, 0.25) is 0 Å². The summed E-state index contributed by atoms with van der Waals surface area (Å²) in [7, 11) is 2.14. The van der Waals surface area contributed by atoms with Crippen LogP contribution in [0.4, 0.5) is 0 Å². The van der Waals surface area contributed by atoms with E-state index in [0.29, 0.717) is 0 Å². The van der Waals surface area contributed by atoms with Gasteiger partial charge in [0.1, 0.15) is 0 Å². The van der Waals surface area contributed by atoms with Crippen molar-refractivity contribution in [2.45, 2.75) is 13.8 Å². The second-order valence-corrected chi connectivity index (χ2v) is 4.17. The summed E-state index contributed by atoms with van der Waals surface area (Å²) in [5.74, 6) is 0. The lowest BCUT2D eigenvalue weighted by Crippen LogP contribution is -2.20. The molecular formula is C14H17N. The molecule has 0 atom stereocenters. The zero-order valence-electron chi connectivity index (χ0n) is 9.62. The van der Waals surface area contributed by atoms with Gasteiger partial charge in [-0.05, 0) is 25.5 Å². The molecule has 1 nitrogen and oxygen atoms in total. The summed E-state index contributed by atoms with van der Waals surface area (Å²) in [6.45, 7) is 5.33. The lowest BCUT2D eigenvalue weighted by molar-refractivity contribution is 0.528. The average Bonchev–Trinajstić information content (AvgIpc) is 2.23. The molecule has 0 unspecified atom stereocenters. The van der Waals surface area contributed by atoms with Crippen molar-refractivity contribution in [2.24, 2.45) is 0 Å². The van der Waals surface area contributed by atoms with Crippen LogP contribution < -0.4 is 0 Å². The standard InChI is InChI=1S/C14H17N/c1-11-8-9-15(3)14(10-11)13-7-5-4-6-12(13)2/h4-8,10H,9H2,1-3H3. The molecule has 0 fully saturated rings. The van der Waals surface area contributed by atoms with Gasteiger partial charge in [-0.2, -0.15) is 0 Å². The van der Waals surface area contributed by atoms with E-state index in [9.17, 15) is 0 Å². The molecule has 0 spiro atoms. The van der Waals surface area contributed by atoms with Crippen molar-refractivity contribution in [3.05, 3.63) is 53.1 Å². The summed E-state index contributed by atoms with van der Waals surface area (Å²) in [5.41, 5.74) is 5.36. The number of hydrogen-bond acceptors (Lipinski definition) is 1. The fraction of sp³-hybridized carbons (Fsp3) is 0.286. The molecule has 15 heavy (non-hydrogen) atoms. The lowest BCUT2D eigenvalue weighted by atomic mass is 10.0. The van der Waals surface area contributed by atoms with E-state index in [-0.39, 0.29) is 0 Å². The van der Waals surface area contributed by atoms with E-state index < -0.39 is 0 Å². The molecule has 0 bridgehead atoms. The van der Waals surface area contributed by atoms with Crippen molar-refractivity contribution in [1.29, 1.82) is 0 Å². The molecule has 1 heteroatoms. The second-order valence-electron chi connectivity index (χ2n) is 4.17. The number of hydrogen-bond donors (Lipinski definition) is 0. The van der Waals surface area contributed by atoms with Gasteiger partial charge in [0, 0.05) is 24.9 Å². The number of aryl methyl sites for hydroxylation is 1. The molecule has 0 N–H and O–H groups in total. The molecule has 0 radical (unpaired) electrons. The maximum absolute atomic E-state index is 2.29. The SMILES string of the molecule is CC1=CCN(C)C(c2ccccc2C)=C1. The summed E-state index contributed by atoms with van der Waals surface area (Å²) in [6.07, 6.45) is 4.51. The van der Waals surface area contributed by atoms with Gasteiger partial charge in [0.2, 0.25) is 0 Å². The normalized spacial score (nSPS) is 16.1. The van der Waals surface area contributed by atoms with Crippen LogP contribution in [0.25, 0.3) is 5.70 Å². The first-order valence-corrected chi connectivity index (χ1v) is 5.34. The Morgan fingerprint density at radius 2 is 1.87 bits per heavy atom. The van der Waals surface area contributed by atoms with Crippen LogP contribution in [0.3, 0.4) is 0 Å². The maximum atomic E-state index is 2.29. The van der Waals surface area contributed by atoms with E-state index in [0.717, 1.165) is 6.54 Å². The Kier molecular flexibility index (Phi) is 2.63. The molecule has 1 aromatic carbocycles. The first kappa shape index (κ1) is 10.0. The molecule has 1 aromatic rings. The summed E-state index contributed by atoms with van der Waals surface area (Å²) in [5, 5.41) is 0. The van der Waals surface area contributed by atoms with Crippen molar-refractivity contribution in [1.82, 2.24) is 4.90 Å². The Morgan fingerprint density at radius 1 is 1.13 bits per heavy atom. The quantitative estimate of drug-likeness (QED) is 0.671. The van der Waals surface area contributed by atoms with Crippen LogP contribution in [0.15, 0.2) is 42.0 Å². The van der Waals surface area contributed by atoms with Crippen molar-refractivity contribution >= 4 is 5.70 Å². The zero-order valence-corrected chi connectivity index (χ0v) is 9.62. The summed E-state index contributed by atoms with van der Waals surface area (Å²) >= 11 is 0. The zero-order chi connectivity index (χ0) is 10.8. The second kappa shape index (κ2) is 3.93. The predicted molar refractivity (Wildman–Crippen MR) is 65.5 cm³/mol. The first-order valence-electron chi connectivity index (χ1n) is 5.34. The number of allylic oxidation sites excluding steroid dienone is 2. The summed E-state index contributed by atoms with van der Waals surface area (Å²) in [6, 6.07) is 8.55. The van der Waals surface area contributed by atoms with Crippen LogP contribution in [-0.4, -0.2) is 18.5 Å². The third-order valence-electron chi connectivity index (χ3n) is 2.88. The number of likely N-dealkylation sites (N-methyl/N-ethyl adjacent to an activating group) is 1. The molecule has 0 saturated heterocycles. The van der Waals surface area contributed by atoms with Gasteiger partial charge in [-0.15, -0.1) is 0 Å². The third-order valence-corrected chi connectivity index (χ3v) is 2.88. The highest BCUT2D eigenvalue weighted by atomic mass is 15.1. The molecule has 0 aromatic heterocycles. The van der Waals surface area contributed by atoms with E-state index in [1.165, 1.54) is 22.4 Å². The Labute approximate surface area is 91.7 Å². The molecule has 0 saturated carbocycles. The van der Waals surface area contributed by atoms with Crippen molar-refractivity contribution < 1.29 is 0 Å². The van der Waals surface area contributed by atoms with Gasteiger partial charge in [-0.1, -0.05) is 35.9 Å². The molecule has 78 valence electrons. The molecular weight excluding hydrogens is 182 g/mol. The summed E-state index contributed by atoms with van der Waals surface area (Å²) in [4.78, 5) is 2.29. The molecule has 0 aliphatic carbocycles. The molecule has 0 amide bonds. The topological polar surface area (TPSA) is 3.24 Å². The highest BCUT2D eigenvalue weighted by molar-refractivity contribution is 5.70. The fourth-order valence-corrected chi connectivity index (χ4v) is 1.91. The Hall–Kier alpha value is -1.50. The van der Waals surface area contributed by atoms with Gasteiger partial charge >= 0.3 is 0 Å². The van der Waals surface area contributed by atoms with Gasteiger partial charge < -0.3 is 4.90 Å². The highest BCUT2D eigenvalue weighted by Gasteiger charge is 2.11. The minimum absolute atomic E-state index is 1.01. The van der Waals surface area contributed by atoms with Crippen LogP contribution >= 0.6 is 0 Å². The average molecular weight is 199 g/mol. The minimum atomic E-state index is 1.01. The van der Waals surface area contributed by atoms with Crippen molar-refractivity contribution in [2.75, 3.05) is 13.6 Å². The molecule has 1 aliphatic heterocycles. The van der Waals surface area contributed by atoms with Crippen LogP contribution in [-0.2, 0) is 0 Å². The van der Waals surface area contributed by atoms with E-state index in [4.69, 9.17) is 0 Å². The van der Waals surface area contributed by atoms with Gasteiger partial charge in [0.25, 0.3) is 0 Å². The van der Waals surface area contributed by atoms with Crippen molar-refractivity contribution in [3.8, 4) is 0 Å². The van der Waals surface area contributed by atoms with Gasteiger partial charge in [0.05, 0.1) is 0 Å². The van der Waals surface area contributed by atoms with Gasteiger partial charge in [0.15, 0.2) is 0 Å². The van der Waals surface area contributed by atoms with E-state index in [2.05, 4.69) is 62.2 Å². The number of benzene rings is 1.